The monoisotopic (exact) mass is 422 g/mol. The number of para-hydroxylation sites is 1. The SMILES string of the molecule is c1ccc(Nc2cc(-c3cccnc3)nc([C@@H]3CCCCN3Cc3cccnc3)n2)cc1. The van der Waals surface area contributed by atoms with E-state index >= 15 is 0 Å². The number of rotatable bonds is 6. The maximum atomic E-state index is 5.01. The van der Waals surface area contributed by atoms with Gasteiger partial charge in [0, 0.05) is 48.6 Å². The van der Waals surface area contributed by atoms with Crippen molar-refractivity contribution >= 4 is 11.5 Å². The fraction of sp³-hybridized carbons (Fsp3) is 0.231. The number of benzene rings is 1. The lowest BCUT2D eigenvalue weighted by atomic mass is 10.00. The molecule has 0 aliphatic carbocycles. The van der Waals surface area contributed by atoms with Crippen LogP contribution in [0.5, 0.6) is 0 Å². The molecular weight excluding hydrogens is 396 g/mol. The Morgan fingerprint density at radius 2 is 1.72 bits per heavy atom. The van der Waals surface area contributed by atoms with Gasteiger partial charge in [0.25, 0.3) is 0 Å². The molecule has 0 spiro atoms. The predicted octanol–water partition coefficient (Wildman–Crippen LogP) is 5.40. The third-order valence-corrected chi connectivity index (χ3v) is 5.77. The number of hydrogen-bond donors (Lipinski definition) is 1. The van der Waals surface area contributed by atoms with Gasteiger partial charge in [-0.15, -0.1) is 0 Å². The number of aromatic nitrogens is 4. The molecule has 1 aliphatic rings. The topological polar surface area (TPSA) is 66.8 Å². The van der Waals surface area contributed by atoms with Crippen molar-refractivity contribution < 1.29 is 0 Å². The van der Waals surface area contributed by atoms with Crippen molar-refractivity contribution in [3.8, 4) is 11.3 Å². The molecule has 0 amide bonds. The third kappa shape index (κ3) is 4.81. The standard InChI is InChI=1S/C26H26N6/c1-2-10-22(11-3-1)29-25-16-23(21-9-7-14-28-18-21)30-26(31-25)24-12-4-5-15-32(24)19-20-8-6-13-27-17-20/h1-3,6-11,13-14,16-18,24H,4-5,12,15,19H2,(H,29,30,31)/t24-/m0/s1. The molecule has 0 radical (unpaired) electrons. The first-order chi connectivity index (χ1) is 15.8. The zero-order chi connectivity index (χ0) is 21.6. The van der Waals surface area contributed by atoms with Crippen LogP contribution >= 0.6 is 0 Å². The Kier molecular flexibility index (Phi) is 6.12. The van der Waals surface area contributed by atoms with Gasteiger partial charge < -0.3 is 5.32 Å². The molecule has 1 aliphatic heterocycles. The molecule has 4 heterocycles. The van der Waals surface area contributed by atoms with Crippen LogP contribution in [-0.2, 0) is 6.54 Å². The number of piperidine rings is 1. The molecule has 1 saturated heterocycles. The van der Waals surface area contributed by atoms with E-state index < -0.39 is 0 Å². The van der Waals surface area contributed by atoms with Gasteiger partial charge in [0.2, 0.25) is 0 Å². The molecule has 32 heavy (non-hydrogen) atoms. The highest BCUT2D eigenvalue weighted by Gasteiger charge is 2.27. The molecular formula is C26H26N6. The third-order valence-electron chi connectivity index (χ3n) is 5.77. The van der Waals surface area contributed by atoms with E-state index in [1.54, 1.807) is 6.20 Å². The molecule has 5 rings (SSSR count). The van der Waals surface area contributed by atoms with Crippen LogP contribution in [0, 0.1) is 0 Å². The summed E-state index contributed by atoms with van der Waals surface area (Å²) in [6, 6.07) is 20.4. The van der Waals surface area contributed by atoms with Gasteiger partial charge in [-0.1, -0.05) is 30.7 Å². The summed E-state index contributed by atoms with van der Waals surface area (Å²) in [5, 5.41) is 3.46. The maximum Gasteiger partial charge on any atom is 0.148 e. The second-order valence-corrected chi connectivity index (χ2v) is 8.07. The van der Waals surface area contributed by atoms with Gasteiger partial charge in [-0.3, -0.25) is 14.9 Å². The van der Waals surface area contributed by atoms with Crippen LogP contribution in [0.4, 0.5) is 11.5 Å². The molecule has 6 heteroatoms. The first kappa shape index (κ1) is 20.3. The lowest BCUT2D eigenvalue weighted by molar-refractivity contribution is 0.134. The number of likely N-dealkylation sites (tertiary alicyclic amines) is 1. The minimum atomic E-state index is 0.164. The van der Waals surface area contributed by atoms with Gasteiger partial charge in [-0.2, -0.15) is 0 Å². The van der Waals surface area contributed by atoms with E-state index in [9.17, 15) is 0 Å². The summed E-state index contributed by atoms with van der Waals surface area (Å²) in [5.74, 6) is 1.65. The van der Waals surface area contributed by atoms with Crippen molar-refractivity contribution in [1.29, 1.82) is 0 Å². The van der Waals surface area contributed by atoms with E-state index in [4.69, 9.17) is 9.97 Å². The molecule has 1 atom stereocenters. The fourth-order valence-corrected chi connectivity index (χ4v) is 4.21. The Morgan fingerprint density at radius 3 is 2.50 bits per heavy atom. The summed E-state index contributed by atoms with van der Waals surface area (Å²) >= 11 is 0. The van der Waals surface area contributed by atoms with Crippen molar-refractivity contribution in [3.05, 3.63) is 96.8 Å². The van der Waals surface area contributed by atoms with E-state index in [0.717, 1.165) is 48.1 Å². The number of pyridine rings is 2. The largest absolute Gasteiger partial charge is 0.340 e. The highest BCUT2D eigenvalue weighted by Crippen LogP contribution is 2.32. The Balaban J connectivity index is 1.51. The molecule has 160 valence electrons. The zero-order valence-electron chi connectivity index (χ0n) is 17.9. The molecule has 1 aromatic carbocycles. The first-order valence-electron chi connectivity index (χ1n) is 11.1. The summed E-state index contributed by atoms with van der Waals surface area (Å²) in [7, 11) is 0. The number of hydrogen-bond acceptors (Lipinski definition) is 6. The average Bonchev–Trinajstić information content (AvgIpc) is 2.86. The van der Waals surface area contributed by atoms with E-state index in [2.05, 4.69) is 26.3 Å². The molecule has 0 saturated carbocycles. The van der Waals surface area contributed by atoms with Crippen molar-refractivity contribution in [2.24, 2.45) is 0 Å². The Hall–Kier alpha value is -3.64. The summed E-state index contributed by atoms with van der Waals surface area (Å²) < 4.78 is 0. The minimum Gasteiger partial charge on any atom is -0.340 e. The lowest BCUT2D eigenvalue weighted by Crippen LogP contribution is -2.34. The van der Waals surface area contributed by atoms with Crippen molar-refractivity contribution in [1.82, 2.24) is 24.8 Å². The minimum absolute atomic E-state index is 0.164. The second kappa shape index (κ2) is 9.66. The Bertz CT molecular complexity index is 1130. The number of anilines is 2. The van der Waals surface area contributed by atoms with Crippen molar-refractivity contribution in [2.75, 3.05) is 11.9 Å². The zero-order valence-corrected chi connectivity index (χ0v) is 17.9. The van der Waals surface area contributed by atoms with E-state index in [1.807, 2.05) is 73.2 Å². The molecule has 6 nitrogen and oxygen atoms in total. The van der Waals surface area contributed by atoms with Crippen molar-refractivity contribution in [2.45, 2.75) is 31.8 Å². The van der Waals surface area contributed by atoms with Crippen LogP contribution in [0.3, 0.4) is 0 Å². The van der Waals surface area contributed by atoms with Gasteiger partial charge in [0.15, 0.2) is 0 Å². The molecule has 4 aromatic rings. The Labute approximate surface area is 188 Å². The van der Waals surface area contributed by atoms with Gasteiger partial charge in [-0.05, 0) is 55.3 Å². The first-order valence-corrected chi connectivity index (χ1v) is 11.1. The summed E-state index contributed by atoms with van der Waals surface area (Å²) in [4.78, 5) is 21.0. The van der Waals surface area contributed by atoms with E-state index in [0.29, 0.717) is 0 Å². The lowest BCUT2D eigenvalue weighted by Gasteiger charge is -2.35. The molecule has 0 unspecified atom stereocenters. The van der Waals surface area contributed by atoms with Crippen LogP contribution < -0.4 is 5.32 Å². The van der Waals surface area contributed by atoms with Crippen LogP contribution in [0.1, 0.15) is 36.7 Å². The fourth-order valence-electron chi connectivity index (χ4n) is 4.21. The second-order valence-electron chi connectivity index (χ2n) is 8.07. The normalized spacial score (nSPS) is 16.6. The van der Waals surface area contributed by atoms with Gasteiger partial charge >= 0.3 is 0 Å². The van der Waals surface area contributed by atoms with Crippen LogP contribution in [-0.4, -0.2) is 31.4 Å². The molecule has 1 fully saturated rings. The molecule has 1 N–H and O–H groups in total. The highest BCUT2D eigenvalue weighted by atomic mass is 15.2. The van der Waals surface area contributed by atoms with Crippen molar-refractivity contribution in [3.63, 3.8) is 0 Å². The van der Waals surface area contributed by atoms with Crippen LogP contribution in [0.25, 0.3) is 11.3 Å². The van der Waals surface area contributed by atoms with Crippen LogP contribution in [0.2, 0.25) is 0 Å². The predicted molar refractivity (Wildman–Crippen MR) is 126 cm³/mol. The molecule has 3 aromatic heterocycles. The Morgan fingerprint density at radius 1 is 0.875 bits per heavy atom. The van der Waals surface area contributed by atoms with Gasteiger partial charge in [-0.25, -0.2) is 9.97 Å². The molecule has 0 bridgehead atoms. The number of nitrogens with zero attached hydrogens (tertiary/aromatic N) is 5. The quantitative estimate of drug-likeness (QED) is 0.448. The number of nitrogens with one attached hydrogen (secondary N) is 1. The summed E-state index contributed by atoms with van der Waals surface area (Å²) in [6.07, 6.45) is 10.8. The average molecular weight is 423 g/mol. The van der Waals surface area contributed by atoms with Gasteiger partial charge in [0.05, 0.1) is 11.7 Å². The van der Waals surface area contributed by atoms with E-state index in [-0.39, 0.29) is 6.04 Å². The summed E-state index contributed by atoms with van der Waals surface area (Å²) in [6.45, 7) is 1.88. The summed E-state index contributed by atoms with van der Waals surface area (Å²) in [5.41, 5.74) is 4.09. The maximum absolute atomic E-state index is 5.01. The van der Waals surface area contributed by atoms with Crippen LogP contribution in [0.15, 0.2) is 85.5 Å². The van der Waals surface area contributed by atoms with Gasteiger partial charge in [0.1, 0.15) is 11.6 Å². The highest BCUT2D eigenvalue weighted by molar-refractivity contribution is 5.65. The smallest absolute Gasteiger partial charge is 0.148 e. The van der Waals surface area contributed by atoms with E-state index in [1.165, 1.54) is 18.4 Å².